The number of β-amino-alcohol motifs (C(OH)–C–C–N with tert-alkyl or cyclic N) is 1. The molecule has 1 saturated carbocycles. The molecule has 1 amide bonds. The SMILES string of the molecule is O=C(c1nc(C2CC2)n(-c2ccccc2)n1)N1CC[C@@H](O)C1. The third-order valence-corrected chi connectivity index (χ3v) is 4.22. The number of hydrogen-bond donors (Lipinski definition) is 1. The molecule has 2 aliphatic rings. The van der Waals surface area contributed by atoms with E-state index in [0.29, 0.717) is 25.4 Å². The van der Waals surface area contributed by atoms with E-state index in [9.17, 15) is 9.90 Å². The van der Waals surface area contributed by atoms with Crippen molar-refractivity contribution in [3.05, 3.63) is 42.0 Å². The predicted octanol–water partition coefficient (Wildman–Crippen LogP) is 1.35. The number of carbonyl (C=O) groups excluding carboxylic acids is 1. The van der Waals surface area contributed by atoms with Crippen LogP contribution in [0.5, 0.6) is 0 Å². The normalized spacial score (nSPS) is 21.3. The molecule has 0 unspecified atom stereocenters. The summed E-state index contributed by atoms with van der Waals surface area (Å²) in [7, 11) is 0. The number of nitrogens with zero attached hydrogens (tertiary/aromatic N) is 4. The highest BCUT2D eigenvalue weighted by atomic mass is 16.3. The number of aliphatic hydroxyl groups excluding tert-OH is 1. The molecule has 2 aromatic rings. The molecule has 2 heterocycles. The lowest BCUT2D eigenvalue weighted by molar-refractivity contribution is 0.0753. The van der Waals surface area contributed by atoms with Crippen LogP contribution in [0.15, 0.2) is 30.3 Å². The summed E-state index contributed by atoms with van der Waals surface area (Å²) in [5.74, 6) is 1.32. The van der Waals surface area contributed by atoms with Gasteiger partial charge in [0.05, 0.1) is 11.8 Å². The van der Waals surface area contributed by atoms with Crippen LogP contribution in [0.25, 0.3) is 5.69 Å². The molecule has 0 spiro atoms. The Bertz CT molecular complexity index is 693. The van der Waals surface area contributed by atoms with Crippen LogP contribution in [0, 0.1) is 0 Å². The van der Waals surface area contributed by atoms with Crippen LogP contribution in [-0.4, -0.2) is 49.9 Å². The number of hydrogen-bond acceptors (Lipinski definition) is 4. The fourth-order valence-electron chi connectivity index (χ4n) is 2.85. The van der Waals surface area contributed by atoms with Gasteiger partial charge in [-0.3, -0.25) is 4.79 Å². The van der Waals surface area contributed by atoms with Crippen LogP contribution >= 0.6 is 0 Å². The second kappa shape index (κ2) is 5.21. The fraction of sp³-hybridized carbons (Fsp3) is 0.438. The molecular weight excluding hydrogens is 280 g/mol. The smallest absolute Gasteiger partial charge is 0.293 e. The highest BCUT2D eigenvalue weighted by molar-refractivity contribution is 5.90. The van der Waals surface area contributed by atoms with Crippen LogP contribution in [0.3, 0.4) is 0 Å². The standard InChI is InChI=1S/C16H18N4O2/c21-13-8-9-19(10-13)16(22)14-17-15(11-6-7-11)20(18-14)12-4-2-1-3-5-12/h1-5,11,13,21H,6-10H2/t13-/m1/s1. The van der Waals surface area contributed by atoms with Gasteiger partial charge >= 0.3 is 0 Å². The molecule has 1 aromatic heterocycles. The molecule has 114 valence electrons. The minimum absolute atomic E-state index is 0.187. The van der Waals surface area contributed by atoms with E-state index in [2.05, 4.69) is 10.1 Å². The van der Waals surface area contributed by atoms with Gasteiger partial charge in [0.15, 0.2) is 0 Å². The molecule has 1 saturated heterocycles. The Hall–Kier alpha value is -2.21. The third-order valence-electron chi connectivity index (χ3n) is 4.22. The molecule has 2 fully saturated rings. The van der Waals surface area contributed by atoms with Crippen LogP contribution in [0.1, 0.15) is 41.6 Å². The van der Waals surface area contributed by atoms with Crippen molar-refractivity contribution in [2.24, 2.45) is 0 Å². The van der Waals surface area contributed by atoms with Crippen molar-refractivity contribution in [2.45, 2.75) is 31.3 Å². The van der Waals surface area contributed by atoms with Crippen molar-refractivity contribution in [3.8, 4) is 5.69 Å². The molecule has 4 rings (SSSR count). The zero-order valence-electron chi connectivity index (χ0n) is 12.2. The van der Waals surface area contributed by atoms with Gasteiger partial charge in [0.25, 0.3) is 5.91 Å². The van der Waals surface area contributed by atoms with Gasteiger partial charge in [-0.2, -0.15) is 0 Å². The van der Waals surface area contributed by atoms with Crippen LogP contribution in [0.4, 0.5) is 0 Å². The predicted molar refractivity (Wildman–Crippen MR) is 79.9 cm³/mol. The summed E-state index contributed by atoms with van der Waals surface area (Å²) in [5, 5.41) is 14.0. The minimum atomic E-state index is -0.428. The van der Waals surface area contributed by atoms with E-state index >= 15 is 0 Å². The van der Waals surface area contributed by atoms with Crippen molar-refractivity contribution in [1.82, 2.24) is 19.7 Å². The Kier molecular flexibility index (Phi) is 3.18. The molecule has 0 bridgehead atoms. The van der Waals surface area contributed by atoms with Gasteiger partial charge in [0.1, 0.15) is 5.82 Å². The first kappa shape index (κ1) is 13.5. The van der Waals surface area contributed by atoms with Gasteiger partial charge in [0.2, 0.25) is 5.82 Å². The van der Waals surface area contributed by atoms with Crippen LogP contribution in [-0.2, 0) is 0 Å². The largest absolute Gasteiger partial charge is 0.391 e. The summed E-state index contributed by atoms with van der Waals surface area (Å²) in [6.45, 7) is 0.941. The van der Waals surface area contributed by atoms with Gasteiger partial charge in [-0.05, 0) is 31.4 Å². The molecular formula is C16H18N4O2. The lowest BCUT2D eigenvalue weighted by Gasteiger charge is -2.12. The maximum atomic E-state index is 12.5. The van der Waals surface area contributed by atoms with E-state index in [-0.39, 0.29) is 11.7 Å². The summed E-state index contributed by atoms with van der Waals surface area (Å²) < 4.78 is 1.79. The van der Waals surface area contributed by atoms with Crippen molar-refractivity contribution < 1.29 is 9.90 Å². The molecule has 6 nitrogen and oxygen atoms in total. The van der Waals surface area contributed by atoms with Crippen LogP contribution in [0.2, 0.25) is 0 Å². The van der Waals surface area contributed by atoms with Crippen molar-refractivity contribution in [3.63, 3.8) is 0 Å². The second-order valence-electron chi connectivity index (χ2n) is 6.01. The molecule has 1 aliphatic heterocycles. The van der Waals surface area contributed by atoms with E-state index in [1.807, 2.05) is 30.3 Å². The minimum Gasteiger partial charge on any atom is -0.391 e. The average Bonchev–Trinajstić information content (AvgIpc) is 3.14. The van der Waals surface area contributed by atoms with Gasteiger partial charge in [0, 0.05) is 19.0 Å². The van der Waals surface area contributed by atoms with E-state index in [1.165, 1.54) is 0 Å². The van der Waals surface area contributed by atoms with Gasteiger partial charge in [-0.15, -0.1) is 5.10 Å². The third kappa shape index (κ3) is 2.39. The maximum absolute atomic E-state index is 12.5. The Morgan fingerprint density at radius 3 is 2.59 bits per heavy atom. The van der Waals surface area contributed by atoms with Crippen molar-refractivity contribution in [1.29, 1.82) is 0 Å². The maximum Gasteiger partial charge on any atom is 0.293 e. The van der Waals surface area contributed by atoms with Gasteiger partial charge < -0.3 is 10.0 Å². The molecule has 1 aliphatic carbocycles. The van der Waals surface area contributed by atoms with Crippen LogP contribution < -0.4 is 0 Å². The highest BCUT2D eigenvalue weighted by Crippen LogP contribution is 2.39. The first-order valence-electron chi connectivity index (χ1n) is 7.72. The molecule has 1 aromatic carbocycles. The number of likely N-dealkylation sites (tertiary alicyclic amines) is 1. The summed E-state index contributed by atoms with van der Waals surface area (Å²) >= 11 is 0. The number of aromatic nitrogens is 3. The number of amides is 1. The number of para-hydroxylation sites is 1. The Balaban J connectivity index is 1.68. The number of carbonyl (C=O) groups is 1. The lowest BCUT2D eigenvalue weighted by atomic mass is 10.3. The molecule has 1 N–H and O–H groups in total. The topological polar surface area (TPSA) is 71.2 Å². The highest BCUT2D eigenvalue weighted by Gasteiger charge is 2.33. The molecule has 22 heavy (non-hydrogen) atoms. The Morgan fingerprint density at radius 1 is 1.18 bits per heavy atom. The summed E-state index contributed by atoms with van der Waals surface area (Å²) in [6, 6.07) is 9.79. The monoisotopic (exact) mass is 298 g/mol. The van der Waals surface area contributed by atoms with E-state index in [1.54, 1.807) is 9.58 Å². The van der Waals surface area contributed by atoms with E-state index in [0.717, 1.165) is 24.4 Å². The average molecular weight is 298 g/mol. The van der Waals surface area contributed by atoms with Crippen molar-refractivity contribution >= 4 is 5.91 Å². The number of aliphatic hydroxyl groups is 1. The van der Waals surface area contributed by atoms with Gasteiger partial charge in [-0.25, -0.2) is 9.67 Å². The quantitative estimate of drug-likeness (QED) is 0.928. The first-order valence-corrected chi connectivity index (χ1v) is 7.72. The molecule has 0 radical (unpaired) electrons. The van der Waals surface area contributed by atoms with E-state index in [4.69, 9.17) is 0 Å². The second-order valence-corrected chi connectivity index (χ2v) is 6.01. The number of rotatable bonds is 3. The Morgan fingerprint density at radius 2 is 1.95 bits per heavy atom. The summed E-state index contributed by atoms with van der Waals surface area (Å²) in [5.41, 5.74) is 0.928. The Labute approximate surface area is 128 Å². The zero-order chi connectivity index (χ0) is 15.1. The van der Waals surface area contributed by atoms with E-state index < -0.39 is 6.10 Å². The molecule has 1 atom stereocenters. The summed E-state index contributed by atoms with van der Waals surface area (Å²) in [6.07, 6.45) is 2.40. The fourth-order valence-corrected chi connectivity index (χ4v) is 2.85. The van der Waals surface area contributed by atoms with Gasteiger partial charge in [-0.1, -0.05) is 18.2 Å². The zero-order valence-corrected chi connectivity index (χ0v) is 12.2. The lowest BCUT2D eigenvalue weighted by Crippen LogP contribution is -2.30. The molecule has 6 heteroatoms. The number of benzene rings is 1. The van der Waals surface area contributed by atoms with Crippen molar-refractivity contribution in [2.75, 3.05) is 13.1 Å². The summed E-state index contributed by atoms with van der Waals surface area (Å²) in [4.78, 5) is 18.6. The first-order chi connectivity index (χ1) is 10.7.